The summed E-state index contributed by atoms with van der Waals surface area (Å²) in [5, 5.41) is 53.0. The van der Waals surface area contributed by atoms with E-state index in [1.807, 2.05) is 30.0 Å². The maximum Gasteiger partial charge on any atom is 0.433 e. The average Bonchev–Trinajstić information content (AvgIpc) is 1.68. The molecule has 11 N–H and O–H groups in total. The normalized spacial score (nSPS) is 23.1. The molecular formula is C67H97N13O18S3. The van der Waals surface area contributed by atoms with E-state index in [4.69, 9.17) is 10.5 Å². The molecule has 2 bridgehead atoms. The number of nitrogens with two attached hydrogens (primary N) is 1. The lowest BCUT2D eigenvalue weighted by Gasteiger charge is -2.32. The van der Waals surface area contributed by atoms with Crippen LogP contribution in [-0.4, -0.2) is 292 Å². The van der Waals surface area contributed by atoms with Crippen LogP contribution in [0.1, 0.15) is 93.9 Å². The number of carbonyl (C=O) groups excluding carboxylic acids is 9. The molecule has 101 heavy (non-hydrogen) atoms. The number of carbonyl (C=O) groups is 13. The van der Waals surface area contributed by atoms with E-state index < -0.39 is 113 Å². The first-order chi connectivity index (χ1) is 48.4. The van der Waals surface area contributed by atoms with Gasteiger partial charge in [0.1, 0.15) is 36.3 Å². The second-order valence-corrected chi connectivity index (χ2v) is 28.5. The maximum atomic E-state index is 14.9. The smallest absolute Gasteiger partial charge is 0.433 e. The van der Waals surface area contributed by atoms with Gasteiger partial charge in [-0.3, -0.25) is 72.3 Å². The number of primary amides is 1. The number of carboxylic acid groups (broad SMARTS) is 4. The van der Waals surface area contributed by atoms with E-state index in [0.717, 1.165) is 23.1 Å². The van der Waals surface area contributed by atoms with Crippen LogP contribution in [0.4, 0.5) is 4.79 Å². The van der Waals surface area contributed by atoms with Crippen LogP contribution in [0.15, 0.2) is 53.5 Å². The maximum absolute atomic E-state index is 14.9. The highest BCUT2D eigenvalue weighted by molar-refractivity contribution is 7.99. The van der Waals surface area contributed by atoms with Crippen LogP contribution in [-0.2, 0) is 86.0 Å². The second kappa shape index (κ2) is 43.2. The number of hydrogen-bond acceptors (Lipinski definition) is 21. The van der Waals surface area contributed by atoms with E-state index in [1.54, 1.807) is 52.0 Å². The zero-order valence-electron chi connectivity index (χ0n) is 57.3. The van der Waals surface area contributed by atoms with Crippen molar-refractivity contribution in [2.24, 2.45) is 16.6 Å². The predicted octanol–water partition coefficient (Wildman–Crippen LogP) is 0.539. The number of ether oxygens (including phenoxy) is 1. The van der Waals surface area contributed by atoms with Gasteiger partial charge in [0.05, 0.1) is 38.7 Å². The highest BCUT2D eigenvalue weighted by atomic mass is 32.2. The van der Waals surface area contributed by atoms with Gasteiger partial charge in [0.2, 0.25) is 47.3 Å². The van der Waals surface area contributed by atoms with Gasteiger partial charge in [-0.05, 0) is 67.2 Å². The summed E-state index contributed by atoms with van der Waals surface area (Å²) < 4.78 is 5.30. The summed E-state index contributed by atoms with van der Waals surface area (Å²) >= 11 is 4.09. The minimum absolute atomic E-state index is 0.0241. The van der Waals surface area contributed by atoms with Crippen LogP contribution in [0.25, 0.3) is 0 Å². The third kappa shape index (κ3) is 28.8. The zero-order chi connectivity index (χ0) is 73.4. The number of carboxylic acids is 4. The van der Waals surface area contributed by atoms with Crippen molar-refractivity contribution in [2.75, 3.05) is 122 Å². The Balaban J connectivity index is 1.26. The molecule has 4 aliphatic heterocycles. The topological polar surface area (TPSA) is 430 Å². The van der Waals surface area contributed by atoms with E-state index in [1.165, 1.54) is 51.3 Å². The standard InChI is InChI=1S/C67H97N13O18S3/c1-3-5-28-98-67(97)70-34-48-42-100-40-46-30-45(39-99-29-17-69-56(82)35-75-20-22-76(36-57(83)84)24-26-78(38-59(87)88)27-25-77(23-21-75)37-58(85)86)31-47(32-46)41-101-43-52(66(95)96)74-62(91)51(33-44-11-7-6-8-12-44)73-61(90)50(15-16-55(68)81)72-60(89)49(4-2)71-63(92)53-13-9-18-79(53)65(94)54-14-10-19-80(54)64(48)93/h6-8,11-12,30-32,34,48-54H,3-5,9-10,13-29,33,35-43H2,1-2H3,(H2,68,81)(H,69,82)(H,71,92)(H,72,89)(H,73,90)(H,74,91)(H,83,84)(H,85,86)(H,87,88)(H,95,96)/t48?,49-,50-,51-,52-,53-,54-/m0/s1. The first kappa shape index (κ1) is 82.1. The number of aliphatic imine (C=N–C) groups is 1. The molecule has 7 atom stereocenters. The number of benzene rings is 2. The van der Waals surface area contributed by atoms with Crippen molar-refractivity contribution in [1.82, 2.24) is 56.0 Å². The molecule has 1 unspecified atom stereocenters. The zero-order valence-corrected chi connectivity index (χ0v) is 59.8. The number of amides is 9. The van der Waals surface area contributed by atoms with E-state index >= 15 is 0 Å². The fourth-order valence-electron chi connectivity index (χ4n) is 12.1. The Bertz CT molecular complexity index is 3180. The highest BCUT2D eigenvalue weighted by Gasteiger charge is 2.44. The van der Waals surface area contributed by atoms with Gasteiger partial charge in [0, 0.05) is 126 Å². The molecule has 4 aliphatic rings. The SMILES string of the molecule is CCCCOC(=O)N=CC1CSCc2cc(CSCCNC(=O)CN3CCN(CC(=O)O)CCN(CC(=O)O)CCN(CC(=O)O)CC3)cc(c2)CSC[C@@H](C(=O)O)NC(=O)[C@H](Cc2ccccc2)NC(=O)[C@H](CCC(N)=O)NC(=O)[C@H](CC)NC(=O)[C@@H]2CCCN2C(=O)[C@@H]2CCCN2C1=O. The van der Waals surface area contributed by atoms with Gasteiger partial charge in [-0.25, -0.2) is 9.59 Å². The largest absolute Gasteiger partial charge is 0.480 e. The number of unbranched alkanes of at least 4 members (excludes halogenated alkanes) is 1. The minimum Gasteiger partial charge on any atom is -0.480 e. The summed E-state index contributed by atoms with van der Waals surface area (Å²) in [6.45, 7) is 5.16. The molecule has 6 rings (SSSR count). The average molecular weight is 1470 g/mol. The van der Waals surface area contributed by atoms with Crippen molar-refractivity contribution in [3.63, 3.8) is 0 Å². The molecule has 2 aromatic carbocycles. The molecule has 3 fully saturated rings. The van der Waals surface area contributed by atoms with E-state index in [9.17, 15) is 82.8 Å². The summed E-state index contributed by atoms with van der Waals surface area (Å²) in [6, 6.07) is 6.83. The first-order valence-corrected chi connectivity index (χ1v) is 37.6. The molecule has 0 aromatic heterocycles. The lowest BCUT2D eigenvalue weighted by atomic mass is 10.0. The minimum atomic E-state index is -1.48. The molecule has 31 nitrogen and oxygen atoms in total. The molecule has 0 radical (unpaired) electrons. The summed E-state index contributed by atoms with van der Waals surface area (Å²) in [7, 11) is 0. The molecule has 4 heterocycles. The molecule has 3 saturated heterocycles. The van der Waals surface area contributed by atoms with Gasteiger partial charge in [-0.2, -0.15) is 40.3 Å². The second-order valence-electron chi connectivity index (χ2n) is 25.3. The molecule has 0 saturated carbocycles. The van der Waals surface area contributed by atoms with Gasteiger partial charge in [0.25, 0.3) is 0 Å². The van der Waals surface area contributed by atoms with E-state index in [0.29, 0.717) is 42.1 Å². The molecule has 2 aromatic rings. The first-order valence-electron chi connectivity index (χ1n) is 34.1. The number of hydrogen-bond donors (Lipinski definition) is 10. The van der Waals surface area contributed by atoms with Gasteiger partial charge in [0.15, 0.2) is 0 Å². The molecular weight excluding hydrogens is 1370 g/mol. The van der Waals surface area contributed by atoms with E-state index in [-0.39, 0.29) is 166 Å². The summed E-state index contributed by atoms with van der Waals surface area (Å²) in [5.41, 5.74) is 8.55. The molecule has 0 aliphatic carbocycles. The monoisotopic (exact) mass is 1470 g/mol. The number of nitrogens with zero attached hydrogens (tertiary/aromatic N) is 7. The summed E-state index contributed by atoms with van der Waals surface area (Å²) in [5.74, 6) is -9.50. The summed E-state index contributed by atoms with van der Waals surface area (Å²) in [6.07, 6.45) is 2.33. The molecule has 556 valence electrons. The Kier molecular flexibility index (Phi) is 35.1. The lowest BCUT2D eigenvalue weighted by molar-refractivity contribution is -0.147. The van der Waals surface area contributed by atoms with Crippen LogP contribution in [0.5, 0.6) is 0 Å². The predicted molar refractivity (Wildman–Crippen MR) is 379 cm³/mol. The quantitative estimate of drug-likeness (QED) is 0.0506. The van der Waals surface area contributed by atoms with Gasteiger partial charge >= 0.3 is 30.0 Å². The van der Waals surface area contributed by atoms with Gasteiger partial charge in [-0.1, -0.05) is 68.8 Å². The van der Waals surface area contributed by atoms with Crippen LogP contribution < -0.4 is 32.3 Å². The Morgan fingerprint density at radius 1 is 0.634 bits per heavy atom. The number of nitrogens with one attached hydrogen (secondary N) is 5. The number of rotatable bonds is 24. The molecule has 34 heteroatoms. The number of fused-ring (bicyclic) bond motifs is 4. The lowest BCUT2D eigenvalue weighted by Crippen LogP contribution is -2.59. The van der Waals surface area contributed by atoms with E-state index in [2.05, 4.69) is 31.6 Å². The number of aliphatic carboxylic acids is 4. The van der Waals surface area contributed by atoms with Crippen LogP contribution in [0.2, 0.25) is 0 Å². The van der Waals surface area contributed by atoms with Crippen molar-refractivity contribution in [2.45, 2.75) is 132 Å². The fraction of sp³-hybridized carbons (Fsp3) is 0.612. The molecule has 9 amide bonds. The van der Waals surface area contributed by atoms with Crippen molar-refractivity contribution in [3.05, 3.63) is 70.8 Å². The third-order valence-corrected chi connectivity index (χ3v) is 20.7. The Labute approximate surface area is 600 Å². The van der Waals surface area contributed by atoms with Crippen LogP contribution >= 0.6 is 35.3 Å². The van der Waals surface area contributed by atoms with Crippen molar-refractivity contribution < 1.29 is 87.5 Å². The van der Waals surface area contributed by atoms with Crippen molar-refractivity contribution in [3.8, 4) is 0 Å². The Morgan fingerprint density at radius 2 is 1.16 bits per heavy atom. The fourth-order valence-corrected chi connectivity index (χ4v) is 14.9. The van der Waals surface area contributed by atoms with Crippen LogP contribution in [0.3, 0.4) is 0 Å². The van der Waals surface area contributed by atoms with Crippen molar-refractivity contribution in [1.29, 1.82) is 0 Å². The van der Waals surface area contributed by atoms with Crippen LogP contribution in [0, 0.1) is 5.92 Å². The highest BCUT2D eigenvalue weighted by Crippen LogP contribution is 2.29. The van der Waals surface area contributed by atoms with Gasteiger partial charge in [-0.15, -0.1) is 0 Å². The Morgan fingerprint density at radius 3 is 1.71 bits per heavy atom. The summed E-state index contributed by atoms with van der Waals surface area (Å²) in [4.78, 5) is 187. The van der Waals surface area contributed by atoms with Gasteiger partial charge < -0.3 is 67.3 Å². The molecule has 0 spiro atoms. The Hall–Kier alpha value is -7.89. The third-order valence-electron chi connectivity index (χ3n) is 17.4. The number of thioether (sulfide) groups is 3. The van der Waals surface area contributed by atoms with Crippen molar-refractivity contribution >= 4 is 119 Å².